The van der Waals surface area contributed by atoms with Crippen molar-refractivity contribution in [3.05, 3.63) is 83.2 Å². The van der Waals surface area contributed by atoms with E-state index in [1.54, 1.807) is 6.33 Å². The topological polar surface area (TPSA) is 30.7 Å². The van der Waals surface area contributed by atoms with Crippen molar-refractivity contribution in [3.8, 4) is 0 Å². The summed E-state index contributed by atoms with van der Waals surface area (Å²) in [7, 11) is 0. The van der Waals surface area contributed by atoms with Crippen molar-refractivity contribution in [1.82, 2.24) is 14.8 Å². The zero-order chi connectivity index (χ0) is 15.9. The summed E-state index contributed by atoms with van der Waals surface area (Å²) in [6.07, 6.45) is 4.21. The highest BCUT2D eigenvalue weighted by molar-refractivity contribution is 6.31. The van der Waals surface area contributed by atoms with Gasteiger partial charge in [0.15, 0.2) is 0 Å². The Morgan fingerprint density at radius 1 is 1.17 bits per heavy atom. The van der Waals surface area contributed by atoms with Gasteiger partial charge in [-0.2, -0.15) is 5.10 Å². The first-order chi connectivity index (χ1) is 11.2. The summed E-state index contributed by atoms with van der Waals surface area (Å²) in [5.74, 6) is 0.0745. The predicted molar refractivity (Wildman–Crippen MR) is 86.9 cm³/mol. The van der Waals surface area contributed by atoms with Crippen LogP contribution in [0.2, 0.25) is 5.02 Å². The molecule has 5 heteroatoms. The van der Waals surface area contributed by atoms with Crippen molar-refractivity contribution in [2.24, 2.45) is 0 Å². The highest BCUT2D eigenvalue weighted by Gasteiger charge is 2.56. The first-order valence-corrected chi connectivity index (χ1v) is 7.90. The Kier molecular flexibility index (Phi) is 3.42. The molecule has 1 heterocycles. The Morgan fingerprint density at radius 2 is 1.96 bits per heavy atom. The Balaban J connectivity index is 1.74. The molecule has 4 rings (SSSR count). The predicted octanol–water partition coefficient (Wildman–Crippen LogP) is 4.20. The van der Waals surface area contributed by atoms with Crippen LogP contribution in [0, 0.1) is 5.82 Å². The zero-order valence-electron chi connectivity index (χ0n) is 12.4. The van der Waals surface area contributed by atoms with Gasteiger partial charge in [0.05, 0.1) is 6.54 Å². The fraction of sp³-hybridized carbons (Fsp3) is 0.222. The number of hydrogen-bond acceptors (Lipinski definition) is 2. The molecule has 3 nitrogen and oxygen atoms in total. The number of hydrogen-bond donors (Lipinski definition) is 0. The summed E-state index contributed by atoms with van der Waals surface area (Å²) in [6, 6.07) is 14.7. The maximum Gasteiger partial charge on any atom is 0.137 e. The molecule has 1 aliphatic rings. The van der Waals surface area contributed by atoms with Crippen LogP contribution >= 0.6 is 11.6 Å². The van der Waals surface area contributed by atoms with Crippen LogP contribution in [0.1, 0.15) is 23.5 Å². The van der Waals surface area contributed by atoms with Crippen molar-refractivity contribution < 1.29 is 4.39 Å². The molecular weight excluding hydrogens is 313 g/mol. The van der Waals surface area contributed by atoms with E-state index in [2.05, 4.69) is 16.1 Å². The zero-order valence-corrected chi connectivity index (χ0v) is 13.1. The van der Waals surface area contributed by atoms with Crippen LogP contribution in [-0.2, 0) is 12.0 Å². The summed E-state index contributed by atoms with van der Waals surface area (Å²) in [6.45, 7) is 0.703. The van der Waals surface area contributed by atoms with Gasteiger partial charge in [-0.05, 0) is 41.7 Å². The standard InChI is InChI=1S/C18H15ClFN3/c19-17-4-2-1-3-15(17)16-9-18(16,10-23-12-21-11-22-23)13-5-7-14(20)8-6-13/h1-8,11-12,16H,9-10H2/t16-,18-/m1/s1. The average molecular weight is 328 g/mol. The number of halogens is 2. The quantitative estimate of drug-likeness (QED) is 0.719. The van der Waals surface area contributed by atoms with Crippen LogP contribution in [0.25, 0.3) is 0 Å². The summed E-state index contributed by atoms with van der Waals surface area (Å²) in [5, 5.41) is 5.01. The summed E-state index contributed by atoms with van der Waals surface area (Å²) in [4.78, 5) is 4.02. The van der Waals surface area contributed by atoms with Gasteiger partial charge in [0.1, 0.15) is 18.5 Å². The molecule has 0 unspecified atom stereocenters. The molecule has 1 fully saturated rings. The van der Waals surface area contributed by atoms with E-state index in [9.17, 15) is 4.39 Å². The molecule has 3 aromatic rings. The molecule has 2 aromatic carbocycles. The van der Waals surface area contributed by atoms with Crippen molar-refractivity contribution in [2.75, 3.05) is 0 Å². The number of benzene rings is 2. The van der Waals surface area contributed by atoms with Crippen LogP contribution in [0.15, 0.2) is 61.2 Å². The molecule has 1 aliphatic carbocycles. The van der Waals surface area contributed by atoms with Crippen molar-refractivity contribution in [1.29, 1.82) is 0 Å². The fourth-order valence-corrected chi connectivity index (χ4v) is 3.71. The van der Waals surface area contributed by atoms with Gasteiger partial charge in [0.2, 0.25) is 0 Å². The van der Waals surface area contributed by atoms with E-state index in [-0.39, 0.29) is 11.2 Å². The Hall–Kier alpha value is -2.20. The summed E-state index contributed by atoms with van der Waals surface area (Å²) in [5.41, 5.74) is 2.13. The highest BCUT2D eigenvalue weighted by Crippen LogP contribution is 2.62. The Bertz CT molecular complexity index is 817. The lowest BCUT2D eigenvalue weighted by molar-refractivity contribution is 0.489. The van der Waals surface area contributed by atoms with Crippen LogP contribution in [0.4, 0.5) is 4.39 Å². The molecule has 0 radical (unpaired) electrons. The molecule has 2 atom stereocenters. The third-order valence-corrected chi connectivity index (χ3v) is 5.03. The number of aromatic nitrogens is 3. The van der Waals surface area contributed by atoms with Crippen molar-refractivity contribution >= 4 is 11.6 Å². The first kappa shape index (κ1) is 14.4. The molecule has 0 saturated heterocycles. The van der Waals surface area contributed by atoms with Gasteiger partial charge in [0.25, 0.3) is 0 Å². The second-order valence-electron chi connectivity index (χ2n) is 6.03. The lowest BCUT2D eigenvalue weighted by Crippen LogP contribution is -2.19. The van der Waals surface area contributed by atoms with Crippen molar-refractivity contribution in [3.63, 3.8) is 0 Å². The third kappa shape index (κ3) is 2.53. The minimum Gasteiger partial charge on any atom is -0.252 e. The smallest absolute Gasteiger partial charge is 0.137 e. The maximum atomic E-state index is 13.3. The Labute approximate surface area is 138 Å². The van der Waals surface area contributed by atoms with E-state index in [4.69, 9.17) is 11.6 Å². The molecule has 1 saturated carbocycles. The fourth-order valence-electron chi connectivity index (χ4n) is 3.44. The largest absolute Gasteiger partial charge is 0.252 e. The first-order valence-electron chi connectivity index (χ1n) is 7.52. The second-order valence-corrected chi connectivity index (χ2v) is 6.44. The molecule has 1 aromatic heterocycles. The average Bonchev–Trinajstić information content (AvgIpc) is 3.02. The van der Waals surface area contributed by atoms with E-state index < -0.39 is 0 Å². The van der Waals surface area contributed by atoms with E-state index >= 15 is 0 Å². The molecule has 0 spiro atoms. The monoisotopic (exact) mass is 327 g/mol. The van der Waals surface area contributed by atoms with Gasteiger partial charge in [-0.1, -0.05) is 41.9 Å². The van der Waals surface area contributed by atoms with Crippen LogP contribution in [-0.4, -0.2) is 14.8 Å². The van der Waals surface area contributed by atoms with E-state index in [0.717, 1.165) is 22.6 Å². The van der Waals surface area contributed by atoms with Gasteiger partial charge in [-0.15, -0.1) is 0 Å². The minimum atomic E-state index is -0.223. The van der Waals surface area contributed by atoms with Gasteiger partial charge in [0, 0.05) is 10.4 Å². The SMILES string of the molecule is Fc1ccc([C@]2(Cn3cncn3)C[C@@H]2c2ccccc2Cl)cc1. The van der Waals surface area contributed by atoms with Crippen LogP contribution < -0.4 is 0 Å². The van der Waals surface area contributed by atoms with E-state index in [0.29, 0.717) is 12.5 Å². The molecule has 0 bridgehead atoms. The van der Waals surface area contributed by atoms with Gasteiger partial charge < -0.3 is 0 Å². The summed E-state index contributed by atoms with van der Waals surface area (Å²) < 4.78 is 15.1. The maximum absolute atomic E-state index is 13.3. The van der Waals surface area contributed by atoms with Gasteiger partial charge in [-0.25, -0.2) is 9.37 Å². The van der Waals surface area contributed by atoms with E-state index in [1.165, 1.54) is 18.5 Å². The van der Waals surface area contributed by atoms with Crippen LogP contribution in [0.5, 0.6) is 0 Å². The third-order valence-electron chi connectivity index (χ3n) is 4.69. The van der Waals surface area contributed by atoms with Crippen molar-refractivity contribution in [2.45, 2.75) is 24.3 Å². The molecule has 116 valence electrons. The molecule has 23 heavy (non-hydrogen) atoms. The molecule has 0 N–H and O–H groups in total. The Morgan fingerprint density at radius 3 is 2.65 bits per heavy atom. The van der Waals surface area contributed by atoms with E-state index in [1.807, 2.05) is 35.0 Å². The molecule has 0 amide bonds. The molecule has 0 aliphatic heterocycles. The molecular formula is C18H15ClFN3. The van der Waals surface area contributed by atoms with Gasteiger partial charge >= 0.3 is 0 Å². The lowest BCUT2D eigenvalue weighted by atomic mass is 9.90. The second kappa shape index (κ2) is 5.46. The van der Waals surface area contributed by atoms with Gasteiger partial charge in [-0.3, -0.25) is 4.68 Å². The lowest BCUT2D eigenvalue weighted by Gasteiger charge is -2.19. The normalized spacial score (nSPS) is 23.0. The minimum absolute atomic E-state index is 0.119. The summed E-state index contributed by atoms with van der Waals surface area (Å²) >= 11 is 6.39. The number of nitrogens with zero attached hydrogens (tertiary/aromatic N) is 3. The highest BCUT2D eigenvalue weighted by atomic mass is 35.5. The van der Waals surface area contributed by atoms with Crippen LogP contribution in [0.3, 0.4) is 0 Å². The number of rotatable bonds is 4.